The van der Waals surface area contributed by atoms with Gasteiger partial charge in [0.1, 0.15) is 0 Å². The van der Waals surface area contributed by atoms with Crippen molar-refractivity contribution >= 4 is 17.5 Å². The van der Waals surface area contributed by atoms with Crippen LogP contribution in [0.1, 0.15) is 5.69 Å². The lowest BCUT2D eigenvalue weighted by atomic mass is 10.3. The summed E-state index contributed by atoms with van der Waals surface area (Å²) in [6.45, 7) is 0.769. The average Bonchev–Trinajstić information content (AvgIpc) is 3.09. The molecular formula is C16H14N6O2. The minimum atomic E-state index is 0.245. The first-order valence-electron chi connectivity index (χ1n) is 7.37. The summed E-state index contributed by atoms with van der Waals surface area (Å²) >= 11 is 0. The number of benzene rings is 1. The Morgan fingerprint density at radius 3 is 2.96 bits per heavy atom. The van der Waals surface area contributed by atoms with Crippen molar-refractivity contribution in [1.82, 2.24) is 20.2 Å². The van der Waals surface area contributed by atoms with Crippen molar-refractivity contribution in [2.45, 2.75) is 6.54 Å². The van der Waals surface area contributed by atoms with E-state index in [4.69, 9.17) is 9.47 Å². The molecule has 0 amide bonds. The zero-order chi connectivity index (χ0) is 16.2. The lowest BCUT2D eigenvalue weighted by molar-refractivity contribution is 0.174. The van der Waals surface area contributed by atoms with Gasteiger partial charge < -0.3 is 20.1 Å². The first kappa shape index (κ1) is 14.2. The summed E-state index contributed by atoms with van der Waals surface area (Å²) in [5, 5.41) is 14.2. The van der Waals surface area contributed by atoms with E-state index >= 15 is 0 Å². The van der Waals surface area contributed by atoms with Gasteiger partial charge in [0.2, 0.25) is 12.7 Å². The summed E-state index contributed by atoms with van der Waals surface area (Å²) < 4.78 is 10.7. The summed E-state index contributed by atoms with van der Waals surface area (Å²) in [5.74, 6) is 2.44. The maximum Gasteiger partial charge on any atom is 0.245 e. The molecule has 0 aliphatic carbocycles. The minimum Gasteiger partial charge on any atom is -0.454 e. The Bertz CT molecular complexity index is 843. The Hall–Kier alpha value is -3.42. The predicted octanol–water partition coefficient (Wildman–Crippen LogP) is 2.35. The van der Waals surface area contributed by atoms with Gasteiger partial charge in [-0.1, -0.05) is 6.07 Å². The van der Waals surface area contributed by atoms with E-state index in [1.807, 2.05) is 36.4 Å². The smallest absolute Gasteiger partial charge is 0.245 e. The van der Waals surface area contributed by atoms with Crippen LogP contribution in [0.15, 0.2) is 48.8 Å². The monoisotopic (exact) mass is 322 g/mol. The average molecular weight is 322 g/mol. The Kier molecular flexibility index (Phi) is 3.77. The van der Waals surface area contributed by atoms with Crippen molar-refractivity contribution in [1.29, 1.82) is 0 Å². The Morgan fingerprint density at radius 2 is 2.04 bits per heavy atom. The van der Waals surface area contributed by atoms with Crippen LogP contribution in [-0.2, 0) is 6.54 Å². The highest BCUT2D eigenvalue weighted by atomic mass is 16.7. The molecule has 3 aromatic rings. The van der Waals surface area contributed by atoms with Crippen LogP contribution >= 0.6 is 0 Å². The van der Waals surface area contributed by atoms with Crippen molar-refractivity contribution < 1.29 is 9.47 Å². The quantitative estimate of drug-likeness (QED) is 0.739. The Balaban J connectivity index is 1.44. The Labute approximate surface area is 137 Å². The zero-order valence-electron chi connectivity index (χ0n) is 12.6. The van der Waals surface area contributed by atoms with Gasteiger partial charge in [0.15, 0.2) is 17.3 Å². The van der Waals surface area contributed by atoms with Gasteiger partial charge in [-0.05, 0) is 24.3 Å². The number of nitrogens with zero attached hydrogens (tertiary/aromatic N) is 4. The van der Waals surface area contributed by atoms with Gasteiger partial charge >= 0.3 is 0 Å². The number of ether oxygens (including phenoxy) is 2. The van der Waals surface area contributed by atoms with Gasteiger partial charge in [0.25, 0.3) is 0 Å². The molecule has 1 aliphatic rings. The molecule has 0 unspecified atom stereocenters. The molecule has 0 saturated carbocycles. The van der Waals surface area contributed by atoms with Gasteiger partial charge in [-0.3, -0.25) is 4.98 Å². The molecule has 0 radical (unpaired) electrons. The molecule has 0 fully saturated rings. The summed E-state index contributed by atoms with van der Waals surface area (Å²) in [7, 11) is 0. The van der Waals surface area contributed by atoms with Gasteiger partial charge in [-0.15, -0.1) is 5.10 Å². The van der Waals surface area contributed by atoms with Crippen molar-refractivity contribution in [2.24, 2.45) is 0 Å². The molecule has 1 aromatic carbocycles. The Morgan fingerprint density at radius 1 is 1.08 bits per heavy atom. The van der Waals surface area contributed by atoms with E-state index in [0.717, 1.165) is 17.1 Å². The van der Waals surface area contributed by atoms with Crippen LogP contribution in [0.3, 0.4) is 0 Å². The molecule has 0 bridgehead atoms. The molecule has 1 aliphatic heterocycles. The summed E-state index contributed by atoms with van der Waals surface area (Å²) in [5.41, 5.74) is 1.73. The molecule has 120 valence electrons. The normalized spacial score (nSPS) is 12.0. The molecule has 2 N–H and O–H groups in total. The zero-order valence-corrected chi connectivity index (χ0v) is 12.6. The third-order valence-corrected chi connectivity index (χ3v) is 3.36. The number of nitrogens with one attached hydrogen (secondary N) is 2. The highest BCUT2D eigenvalue weighted by molar-refractivity contribution is 5.61. The highest BCUT2D eigenvalue weighted by Crippen LogP contribution is 2.34. The predicted molar refractivity (Wildman–Crippen MR) is 87.2 cm³/mol. The standard InChI is InChI=1S/C16H14N6O2/c1-2-6-17-12(3-1)8-18-16-21-15(9-19-22-16)20-11-4-5-13-14(7-11)24-10-23-13/h1-7,9H,8,10H2,(H2,18,20,21,22). The fourth-order valence-corrected chi connectivity index (χ4v) is 2.23. The van der Waals surface area contributed by atoms with Gasteiger partial charge in [0.05, 0.1) is 18.4 Å². The van der Waals surface area contributed by atoms with Crippen LogP contribution in [0.25, 0.3) is 0 Å². The summed E-state index contributed by atoms with van der Waals surface area (Å²) in [6.07, 6.45) is 3.30. The highest BCUT2D eigenvalue weighted by Gasteiger charge is 2.13. The lowest BCUT2D eigenvalue weighted by Crippen LogP contribution is -2.07. The maximum absolute atomic E-state index is 5.36. The fourth-order valence-electron chi connectivity index (χ4n) is 2.23. The molecule has 4 rings (SSSR count). The van der Waals surface area contributed by atoms with Crippen LogP contribution < -0.4 is 20.1 Å². The second-order valence-electron chi connectivity index (χ2n) is 5.03. The van der Waals surface area contributed by atoms with Gasteiger partial charge in [-0.2, -0.15) is 10.1 Å². The largest absolute Gasteiger partial charge is 0.454 e. The van der Waals surface area contributed by atoms with Gasteiger partial charge in [0, 0.05) is 18.0 Å². The molecule has 0 atom stereocenters. The number of hydrogen-bond acceptors (Lipinski definition) is 8. The van der Waals surface area contributed by atoms with Crippen LogP contribution in [0.2, 0.25) is 0 Å². The first-order chi connectivity index (χ1) is 11.9. The van der Waals surface area contributed by atoms with Crippen LogP contribution in [0.4, 0.5) is 17.5 Å². The SMILES string of the molecule is c1ccc(CNc2nncc(Nc3ccc4c(c3)OCO4)n2)nc1. The van der Waals surface area contributed by atoms with E-state index in [2.05, 4.69) is 30.8 Å². The van der Waals surface area contributed by atoms with Crippen molar-refractivity contribution in [3.05, 3.63) is 54.5 Å². The molecule has 24 heavy (non-hydrogen) atoms. The number of pyridine rings is 1. The van der Waals surface area contributed by atoms with Crippen molar-refractivity contribution in [3.8, 4) is 11.5 Å². The maximum atomic E-state index is 5.36. The third-order valence-electron chi connectivity index (χ3n) is 3.36. The molecule has 8 heteroatoms. The third kappa shape index (κ3) is 3.17. The minimum absolute atomic E-state index is 0.245. The van der Waals surface area contributed by atoms with E-state index < -0.39 is 0 Å². The van der Waals surface area contributed by atoms with E-state index in [1.54, 1.807) is 12.4 Å². The van der Waals surface area contributed by atoms with E-state index in [9.17, 15) is 0 Å². The second-order valence-corrected chi connectivity index (χ2v) is 5.03. The molecule has 2 aromatic heterocycles. The van der Waals surface area contributed by atoms with E-state index in [-0.39, 0.29) is 6.79 Å². The van der Waals surface area contributed by atoms with Crippen LogP contribution in [0.5, 0.6) is 11.5 Å². The number of anilines is 3. The van der Waals surface area contributed by atoms with Crippen molar-refractivity contribution in [2.75, 3.05) is 17.4 Å². The van der Waals surface area contributed by atoms with Crippen molar-refractivity contribution in [3.63, 3.8) is 0 Å². The topological polar surface area (TPSA) is 94.1 Å². The summed E-state index contributed by atoms with van der Waals surface area (Å²) in [6, 6.07) is 11.3. The molecule has 0 saturated heterocycles. The van der Waals surface area contributed by atoms with Crippen LogP contribution in [-0.4, -0.2) is 27.0 Å². The van der Waals surface area contributed by atoms with Crippen LogP contribution in [0, 0.1) is 0 Å². The number of rotatable bonds is 5. The van der Waals surface area contributed by atoms with E-state index in [1.165, 1.54) is 0 Å². The van der Waals surface area contributed by atoms with Gasteiger partial charge in [-0.25, -0.2) is 0 Å². The molecule has 0 spiro atoms. The molecule has 8 nitrogen and oxygen atoms in total. The summed E-state index contributed by atoms with van der Waals surface area (Å²) in [4.78, 5) is 8.62. The fraction of sp³-hybridized carbons (Fsp3) is 0.125. The second kappa shape index (κ2) is 6.37. The lowest BCUT2D eigenvalue weighted by Gasteiger charge is -2.08. The number of fused-ring (bicyclic) bond motifs is 1. The molecule has 3 heterocycles. The first-order valence-corrected chi connectivity index (χ1v) is 7.37. The van der Waals surface area contributed by atoms with E-state index in [0.29, 0.717) is 24.1 Å². The number of hydrogen-bond donors (Lipinski definition) is 2. The molecular weight excluding hydrogens is 308 g/mol. The number of aromatic nitrogens is 4.